The van der Waals surface area contributed by atoms with Crippen LogP contribution >= 0.6 is 11.6 Å². The molecule has 2 aromatic carbocycles. The lowest BCUT2D eigenvalue weighted by Crippen LogP contribution is -2.23. The number of para-hydroxylation sites is 2. The van der Waals surface area contributed by atoms with Crippen LogP contribution in [0.15, 0.2) is 65.6 Å². The van der Waals surface area contributed by atoms with Gasteiger partial charge in [-0.15, -0.1) is 0 Å². The lowest BCUT2D eigenvalue weighted by molar-refractivity contribution is -0.116. The summed E-state index contributed by atoms with van der Waals surface area (Å²) >= 11 is 6.10. The van der Waals surface area contributed by atoms with Gasteiger partial charge in [-0.05, 0) is 55.3 Å². The minimum atomic E-state index is -0.0912. The van der Waals surface area contributed by atoms with Gasteiger partial charge in [0, 0.05) is 29.9 Å². The van der Waals surface area contributed by atoms with Gasteiger partial charge < -0.3 is 14.3 Å². The summed E-state index contributed by atoms with van der Waals surface area (Å²) in [6.07, 6.45) is 2.77. The van der Waals surface area contributed by atoms with Crippen molar-refractivity contribution >= 4 is 39.7 Å². The molecule has 2 aromatic heterocycles. The Labute approximate surface area is 167 Å². The lowest BCUT2D eigenvalue weighted by Gasteiger charge is -2.13. The summed E-state index contributed by atoms with van der Waals surface area (Å²) in [4.78, 5) is 25.2. The average Bonchev–Trinajstić information content (AvgIpc) is 3.18. The van der Waals surface area contributed by atoms with Crippen molar-refractivity contribution in [2.45, 2.75) is 26.3 Å². The van der Waals surface area contributed by atoms with E-state index in [-0.39, 0.29) is 11.5 Å². The first-order valence-electron chi connectivity index (χ1n) is 9.20. The summed E-state index contributed by atoms with van der Waals surface area (Å²) in [6, 6.07) is 16.9. The van der Waals surface area contributed by atoms with Gasteiger partial charge in [-0.2, -0.15) is 0 Å². The van der Waals surface area contributed by atoms with E-state index in [2.05, 4.69) is 5.32 Å². The van der Waals surface area contributed by atoms with Gasteiger partial charge >= 0.3 is 0 Å². The van der Waals surface area contributed by atoms with Crippen LogP contribution in [0, 0.1) is 6.92 Å². The van der Waals surface area contributed by atoms with Crippen molar-refractivity contribution in [1.29, 1.82) is 0 Å². The molecule has 0 saturated carbocycles. The van der Waals surface area contributed by atoms with Crippen LogP contribution in [0.25, 0.3) is 16.6 Å². The highest BCUT2D eigenvalue weighted by Crippen LogP contribution is 2.23. The molecule has 4 aromatic rings. The van der Waals surface area contributed by atoms with Crippen molar-refractivity contribution in [3.63, 3.8) is 0 Å². The largest absolute Gasteiger partial charge is 0.326 e. The first-order chi connectivity index (χ1) is 13.6. The van der Waals surface area contributed by atoms with Crippen molar-refractivity contribution in [3.05, 3.63) is 81.7 Å². The number of aryl methyl sites for hydroxylation is 1. The van der Waals surface area contributed by atoms with Crippen molar-refractivity contribution < 1.29 is 4.79 Å². The normalized spacial score (nSPS) is 11.2. The second-order valence-corrected chi connectivity index (χ2v) is 7.18. The minimum absolute atomic E-state index is 0.0465. The van der Waals surface area contributed by atoms with Crippen molar-refractivity contribution in [3.8, 4) is 0 Å². The van der Waals surface area contributed by atoms with E-state index < -0.39 is 0 Å². The number of carbonyl (C=O) groups excluding carboxylic acids is 1. The summed E-state index contributed by atoms with van der Waals surface area (Å²) in [5.74, 6) is -0.0912. The van der Waals surface area contributed by atoms with Gasteiger partial charge in [-0.1, -0.05) is 29.8 Å². The lowest BCUT2D eigenvalue weighted by atomic mass is 10.2. The summed E-state index contributed by atoms with van der Waals surface area (Å²) in [7, 11) is 0. The zero-order valence-corrected chi connectivity index (χ0v) is 16.2. The molecule has 1 amide bonds. The molecule has 0 aliphatic carbocycles. The summed E-state index contributed by atoms with van der Waals surface area (Å²) < 4.78 is 3.66. The maximum atomic E-state index is 12.9. The quantitative estimate of drug-likeness (QED) is 0.537. The van der Waals surface area contributed by atoms with Crippen LogP contribution in [0.4, 0.5) is 5.69 Å². The van der Waals surface area contributed by atoms with E-state index >= 15 is 0 Å². The van der Waals surface area contributed by atoms with Gasteiger partial charge in [-0.3, -0.25) is 9.59 Å². The molecule has 5 nitrogen and oxygen atoms in total. The number of hydrogen-bond donors (Lipinski definition) is 1. The van der Waals surface area contributed by atoms with E-state index in [1.807, 2.05) is 66.1 Å². The third kappa shape index (κ3) is 3.29. The van der Waals surface area contributed by atoms with Gasteiger partial charge in [-0.25, -0.2) is 0 Å². The van der Waals surface area contributed by atoms with Crippen LogP contribution in [-0.4, -0.2) is 14.9 Å². The number of fused-ring (bicyclic) bond motifs is 3. The van der Waals surface area contributed by atoms with E-state index in [9.17, 15) is 9.59 Å². The zero-order valence-electron chi connectivity index (χ0n) is 15.5. The number of hydrogen-bond acceptors (Lipinski definition) is 2. The Morgan fingerprint density at radius 2 is 1.75 bits per heavy atom. The van der Waals surface area contributed by atoms with E-state index in [1.54, 1.807) is 10.6 Å². The van der Waals surface area contributed by atoms with Gasteiger partial charge in [0.25, 0.3) is 5.56 Å². The van der Waals surface area contributed by atoms with Crippen LogP contribution in [0.5, 0.6) is 0 Å². The second-order valence-electron chi connectivity index (χ2n) is 6.77. The Morgan fingerprint density at radius 1 is 1.00 bits per heavy atom. The number of aromatic nitrogens is 2. The highest BCUT2D eigenvalue weighted by molar-refractivity contribution is 6.31. The number of nitrogens with one attached hydrogen (secondary N) is 1. The number of amides is 1. The van der Waals surface area contributed by atoms with E-state index in [0.29, 0.717) is 29.9 Å². The number of benzene rings is 2. The molecule has 0 atom stereocenters. The van der Waals surface area contributed by atoms with Crippen LogP contribution in [0.3, 0.4) is 0 Å². The minimum Gasteiger partial charge on any atom is -0.326 e. The van der Waals surface area contributed by atoms with Gasteiger partial charge in [0.15, 0.2) is 0 Å². The Hall–Kier alpha value is -3.05. The second kappa shape index (κ2) is 7.52. The number of anilines is 1. The highest BCUT2D eigenvalue weighted by Gasteiger charge is 2.11. The molecule has 28 heavy (non-hydrogen) atoms. The van der Waals surface area contributed by atoms with Gasteiger partial charge in [0.2, 0.25) is 5.91 Å². The van der Waals surface area contributed by atoms with Gasteiger partial charge in [0.05, 0.1) is 11.0 Å². The van der Waals surface area contributed by atoms with Crippen LogP contribution in [0.2, 0.25) is 5.02 Å². The molecule has 142 valence electrons. The average molecular weight is 394 g/mol. The van der Waals surface area contributed by atoms with Crippen molar-refractivity contribution in [2.75, 3.05) is 5.32 Å². The van der Waals surface area contributed by atoms with Crippen LogP contribution in [0.1, 0.15) is 18.4 Å². The predicted octanol–water partition coefficient (Wildman–Crippen LogP) is 4.63. The van der Waals surface area contributed by atoms with Crippen LogP contribution < -0.4 is 10.9 Å². The Kier molecular flexibility index (Phi) is 4.92. The monoisotopic (exact) mass is 393 g/mol. The highest BCUT2D eigenvalue weighted by atomic mass is 35.5. The fourth-order valence-electron chi connectivity index (χ4n) is 3.48. The fraction of sp³-hybridized carbons (Fsp3) is 0.182. The van der Waals surface area contributed by atoms with E-state index in [1.165, 1.54) is 0 Å². The smallest absolute Gasteiger partial charge is 0.275 e. The molecule has 6 heteroatoms. The molecule has 0 unspecified atom stereocenters. The molecule has 1 N–H and O–H groups in total. The maximum absolute atomic E-state index is 12.9. The molecular formula is C22H20ClN3O2. The fourth-order valence-corrected chi connectivity index (χ4v) is 3.66. The molecule has 0 fully saturated rings. The topological polar surface area (TPSA) is 55.5 Å². The van der Waals surface area contributed by atoms with E-state index in [4.69, 9.17) is 11.6 Å². The molecule has 2 heterocycles. The number of halogens is 1. The Bertz CT molecular complexity index is 1240. The SMILES string of the molecule is Cc1c(Cl)cccc1NC(=O)CCCn1c(=O)c2cccn2c2ccccc21. The number of nitrogens with zero attached hydrogens (tertiary/aromatic N) is 2. The summed E-state index contributed by atoms with van der Waals surface area (Å²) in [5, 5.41) is 3.52. The predicted molar refractivity (Wildman–Crippen MR) is 113 cm³/mol. The summed E-state index contributed by atoms with van der Waals surface area (Å²) in [6.45, 7) is 2.35. The summed E-state index contributed by atoms with van der Waals surface area (Å²) in [5.41, 5.74) is 3.99. The molecule has 0 spiro atoms. The van der Waals surface area contributed by atoms with Crippen molar-refractivity contribution in [1.82, 2.24) is 8.97 Å². The van der Waals surface area contributed by atoms with Crippen LogP contribution in [-0.2, 0) is 11.3 Å². The first kappa shape index (κ1) is 18.3. The number of rotatable bonds is 5. The van der Waals surface area contributed by atoms with Crippen molar-refractivity contribution in [2.24, 2.45) is 0 Å². The first-order valence-corrected chi connectivity index (χ1v) is 9.57. The molecule has 0 aliphatic rings. The third-order valence-electron chi connectivity index (χ3n) is 4.97. The third-order valence-corrected chi connectivity index (χ3v) is 5.38. The van der Waals surface area contributed by atoms with Gasteiger partial charge in [0.1, 0.15) is 5.52 Å². The Balaban J connectivity index is 1.53. The zero-order chi connectivity index (χ0) is 19.7. The Morgan fingerprint density at radius 3 is 2.57 bits per heavy atom. The maximum Gasteiger partial charge on any atom is 0.275 e. The molecule has 0 aliphatic heterocycles. The molecule has 0 bridgehead atoms. The molecular weight excluding hydrogens is 374 g/mol. The molecule has 0 saturated heterocycles. The van der Waals surface area contributed by atoms with E-state index in [0.717, 1.165) is 22.3 Å². The standard InChI is InChI=1S/C22H20ClN3O2/c1-15-16(23)7-4-8-17(15)24-21(27)12-6-14-26-19-10-3-2-9-18(19)25-13-5-11-20(25)22(26)28/h2-5,7-11,13H,6,12,14H2,1H3,(H,24,27). The number of carbonyl (C=O) groups is 1. The molecule has 0 radical (unpaired) electrons. The molecule has 4 rings (SSSR count).